The Morgan fingerprint density at radius 3 is 2.31 bits per heavy atom. The third-order valence-corrected chi connectivity index (χ3v) is 6.97. The van der Waals surface area contributed by atoms with Gasteiger partial charge in [-0.1, -0.05) is 36.4 Å². The van der Waals surface area contributed by atoms with Crippen LogP contribution in [0.1, 0.15) is 30.0 Å². The summed E-state index contributed by atoms with van der Waals surface area (Å²) in [7, 11) is -3.77. The van der Waals surface area contributed by atoms with Crippen LogP contribution in [0.2, 0.25) is 0 Å². The molecule has 0 bridgehead atoms. The largest absolute Gasteiger partial charge is 0.508 e. The maximum absolute atomic E-state index is 13.0. The van der Waals surface area contributed by atoms with Crippen LogP contribution < -0.4 is 9.46 Å². The van der Waals surface area contributed by atoms with Gasteiger partial charge in [0.1, 0.15) is 11.5 Å². The maximum atomic E-state index is 13.0. The number of carbonyl (C=O) groups is 1. The van der Waals surface area contributed by atoms with Gasteiger partial charge < -0.3 is 14.9 Å². The van der Waals surface area contributed by atoms with Crippen molar-refractivity contribution in [2.75, 3.05) is 6.61 Å². The van der Waals surface area contributed by atoms with Crippen LogP contribution in [0.25, 0.3) is 11.1 Å². The van der Waals surface area contributed by atoms with Gasteiger partial charge in [-0.3, -0.25) is 0 Å². The van der Waals surface area contributed by atoms with Crippen molar-refractivity contribution in [1.29, 1.82) is 0 Å². The normalized spacial score (nSPS) is 15.7. The van der Waals surface area contributed by atoms with Crippen molar-refractivity contribution in [1.82, 2.24) is 4.72 Å². The third-order valence-electron chi connectivity index (χ3n) is 5.48. The minimum Gasteiger partial charge on any atom is -0.508 e. The van der Waals surface area contributed by atoms with E-state index in [1.165, 1.54) is 0 Å². The van der Waals surface area contributed by atoms with E-state index in [0.717, 1.165) is 28.7 Å². The molecule has 0 aromatic heterocycles. The van der Waals surface area contributed by atoms with Gasteiger partial charge in [0, 0.05) is 6.04 Å². The number of phenolic OH excluding ortho intramolecular Hbond substituents is 1. The van der Waals surface area contributed by atoms with E-state index >= 15 is 0 Å². The lowest BCUT2D eigenvalue weighted by Crippen LogP contribution is -2.31. The molecular weight excluding hydrogens is 430 g/mol. The van der Waals surface area contributed by atoms with Gasteiger partial charge in [0.2, 0.25) is 10.0 Å². The summed E-state index contributed by atoms with van der Waals surface area (Å²) in [4.78, 5) is 11.0. The smallest absolute Gasteiger partial charge is 0.341 e. The predicted molar refractivity (Wildman–Crippen MR) is 119 cm³/mol. The van der Waals surface area contributed by atoms with E-state index in [1.54, 1.807) is 60.7 Å². The quantitative estimate of drug-likeness (QED) is 0.500. The number of hydrogen-bond donors (Lipinski definition) is 3. The number of carboxylic acids is 1. The highest BCUT2D eigenvalue weighted by Crippen LogP contribution is 2.36. The first-order valence-electron chi connectivity index (χ1n) is 10.2. The van der Waals surface area contributed by atoms with Gasteiger partial charge in [0.25, 0.3) is 0 Å². The second-order valence-electron chi connectivity index (χ2n) is 7.64. The number of ether oxygens (including phenoxy) is 1. The maximum Gasteiger partial charge on any atom is 0.341 e. The highest BCUT2D eigenvalue weighted by atomic mass is 32.2. The van der Waals surface area contributed by atoms with Crippen molar-refractivity contribution in [3.63, 3.8) is 0 Å². The summed E-state index contributed by atoms with van der Waals surface area (Å²) in [6.45, 7) is -0.444. The molecule has 3 aromatic carbocycles. The topological polar surface area (TPSA) is 113 Å². The lowest BCUT2D eigenvalue weighted by Gasteiger charge is -2.27. The SMILES string of the molecule is O=C(O)COc1cccc2c1CCCC2NS(=O)(=O)c1ccc(-c2ccc(O)cc2)cc1. The molecule has 0 aliphatic heterocycles. The van der Waals surface area contributed by atoms with Crippen molar-refractivity contribution in [3.8, 4) is 22.6 Å². The van der Waals surface area contributed by atoms with Crippen LogP contribution in [0, 0.1) is 0 Å². The van der Waals surface area contributed by atoms with Crippen LogP contribution in [-0.4, -0.2) is 31.2 Å². The van der Waals surface area contributed by atoms with Gasteiger partial charge in [-0.2, -0.15) is 0 Å². The van der Waals surface area contributed by atoms with Crippen LogP contribution in [0.4, 0.5) is 0 Å². The fourth-order valence-electron chi connectivity index (χ4n) is 3.95. The van der Waals surface area contributed by atoms with Crippen molar-refractivity contribution >= 4 is 16.0 Å². The summed E-state index contributed by atoms with van der Waals surface area (Å²) in [5.74, 6) is -0.417. The predicted octanol–water partition coefficient (Wildman–Crippen LogP) is 3.88. The van der Waals surface area contributed by atoms with Crippen LogP contribution in [-0.2, 0) is 21.2 Å². The molecule has 0 spiro atoms. The molecule has 0 amide bonds. The van der Waals surface area contributed by atoms with Gasteiger partial charge in [0.05, 0.1) is 4.90 Å². The Hall–Kier alpha value is -3.36. The summed E-state index contributed by atoms with van der Waals surface area (Å²) in [5, 5.41) is 18.3. The number of benzene rings is 3. The molecular formula is C24H23NO6S. The molecule has 1 aliphatic rings. The Morgan fingerprint density at radius 1 is 1.00 bits per heavy atom. The number of carboxylic acid groups (broad SMARTS) is 1. The third kappa shape index (κ3) is 4.76. The Morgan fingerprint density at radius 2 is 1.66 bits per heavy atom. The first kappa shape index (κ1) is 21.9. The van der Waals surface area contributed by atoms with E-state index in [-0.39, 0.29) is 10.6 Å². The molecule has 3 N–H and O–H groups in total. The molecule has 0 heterocycles. The standard InChI is InChI=1S/C24H23NO6S/c26-18-11-7-16(8-12-18)17-9-13-19(14-10-17)32(29,30)25-22-5-1-4-21-20(22)3-2-6-23(21)31-15-24(27)28/h2-3,6-14,22,25-26H,1,4-5,15H2,(H,27,28). The first-order chi connectivity index (χ1) is 15.3. The van der Waals surface area contributed by atoms with Crippen molar-refractivity contribution in [2.24, 2.45) is 0 Å². The summed E-state index contributed by atoms with van der Waals surface area (Å²) in [6.07, 6.45) is 2.10. The van der Waals surface area contributed by atoms with Crippen molar-refractivity contribution in [3.05, 3.63) is 77.9 Å². The number of rotatable bonds is 7. The van der Waals surface area contributed by atoms with Crippen LogP contribution >= 0.6 is 0 Å². The average molecular weight is 454 g/mol. The molecule has 1 atom stereocenters. The summed E-state index contributed by atoms with van der Waals surface area (Å²) in [5.41, 5.74) is 3.36. The first-order valence-corrected chi connectivity index (χ1v) is 11.7. The number of sulfonamides is 1. The van der Waals surface area contributed by atoms with E-state index in [0.29, 0.717) is 18.6 Å². The zero-order chi connectivity index (χ0) is 22.7. The van der Waals surface area contributed by atoms with E-state index in [2.05, 4.69) is 4.72 Å². The molecule has 0 saturated carbocycles. The highest BCUT2D eigenvalue weighted by Gasteiger charge is 2.27. The van der Waals surface area contributed by atoms with Gasteiger partial charge in [-0.15, -0.1) is 0 Å². The number of aliphatic carboxylic acids is 1. The molecule has 0 saturated heterocycles. The molecule has 7 nitrogen and oxygen atoms in total. The molecule has 8 heteroatoms. The Bertz CT molecular complexity index is 1220. The van der Waals surface area contributed by atoms with Crippen LogP contribution in [0.3, 0.4) is 0 Å². The van der Waals surface area contributed by atoms with Gasteiger partial charge in [-0.25, -0.2) is 17.9 Å². The fraction of sp³-hybridized carbons (Fsp3) is 0.208. The number of aromatic hydroxyl groups is 1. The minimum absolute atomic E-state index is 0.158. The monoisotopic (exact) mass is 453 g/mol. The Kier molecular flexibility index (Phi) is 6.16. The molecule has 1 unspecified atom stereocenters. The second kappa shape index (κ2) is 9.02. The van der Waals surface area contributed by atoms with E-state index in [1.807, 2.05) is 6.07 Å². The van der Waals surface area contributed by atoms with E-state index in [9.17, 15) is 18.3 Å². The zero-order valence-corrected chi connectivity index (χ0v) is 18.0. The number of fused-ring (bicyclic) bond motifs is 1. The highest BCUT2D eigenvalue weighted by molar-refractivity contribution is 7.89. The van der Waals surface area contributed by atoms with Gasteiger partial charge in [0.15, 0.2) is 6.61 Å². The van der Waals surface area contributed by atoms with Gasteiger partial charge >= 0.3 is 5.97 Å². The molecule has 32 heavy (non-hydrogen) atoms. The van der Waals surface area contributed by atoms with Crippen LogP contribution in [0.15, 0.2) is 71.6 Å². The molecule has 4 rings (SSSR count). The summed E-state index contributed by atoms with van der Waals surface area (Å²) >= 11 is 0. The number of nitrogens with one attached hydrogen (secondary N) is 1. The molecule has 3 aromatic rings. The Balaban J connectivity index is 1.55. The van der Waals surface area contributed by atoms with Crippen molar-refractivity contribution < 1.29 is 28.2 Å². The lowest BCUT2D eigenvalue weighted by molar-refractivity contribution is -0.139. The van der Waals surface area contributed by atoms with Crippen LogP contribution in [0.5, 0.6) is 11.5 Å². The lowest BCUT2D eigenvalue weighted by atomic mass is 9.87. The molecule has 0 radical (unpaired) electrons. The number of hydrogen-bond acceptors (Lipinski definition) is 5. The van der Waals surface area contributed by atoms with E-state index < -0.39 is 28.6 Å². The van der Waals surface area contributed by atoms with Crippen molar-refractivity contribution in [2.45, 2.75) is 30.2 Å². The van der Waals surface area contributed by atoms with E-state index in [4.69, 9.17) is 9.84 Å². The Labute approximate surface area is 186 Å². The second-order valence-corrected chi connectivity index (χ2v) is 9.36. The summed E-state index contributed by atoms with van der Waals surface area (Å²) in [6, 6.07) is 18.1. The van der Waals surface area contributed by atoms with Gasteiger partial charge in [-0.05, 0) is 71.8 Å². The molecule has 166 valence electrons. The number of phenols is 1. The molecule has 0 fully saturated rings. The average Bonchev–Trinajstić information content (AvgIpc) is 2.78. The minimum atomic E-state index is -3.77. The molecule has 1 aliphatic carbocycles. The zero-order valence-electron chi connectivity index (χ0n) is 17.2. The fourth-order valence-corrected chi connectivity index (χ4v) is 5.20. The summed E-state index contributed by atoms with van der Waals surface area (Å²) < 4.78 is 34.3.